The van der Waals surface area contributed by atoms with E-state index in [-0.39, 0.29) is 0 Å². The van der Waals surface area contributed by atoms with E-state index in [0.29, 0.717) is 5.82 Å². The van der Waals surface area contributed by atoms with E-state index in [9.17, 15) is 4.57 Å². The quantitative estimate of drug-likeness (QED) is 0.419. The lowest BCUT2D eigenvalue weighted by Gasteiger charge is -1.87. The molecular weight excluding hydrogens is 143 g/mol. The van der Waals surface area contributed by atoms with Gasteiger partial charge in [0.25, 0.3) is 0 Å². The summed E-state index contributed by atoms with van der Waals surface area (Å²) in [4.78, 5) is 15.6. The number of epoxide rings is 1. The number of rotatable bonds is 1. The number of ether oxygens (including phenoxy) is 1. The first-order valence-electron chi connectivity index (χ1n) is 2.33. The van der Waals surface area contributed by atoms with Crippen LogP contribution < -0.4 is 0 Å². The van der Waals surface area contributed by atoms with E-state index in [1.54, 1.807) is 0 Å². The molecule has 54 valence electrons. The Labute approximate surface area is 53.3 Å². The molecule has 0 radical (unpaired) electrons. The van der Waals surface area contributed by atoms with Crippen LogP contribution in [0, 0.1) is 0 Å². The van der Waals surface area contributed by atoms with E-state index in [1.165, 1.54) is 0 Å². The van der Waals surface area contributed by atoms with Gasteiger partial charge >= 0.3 is 7.60 Å². The molecule has 1 fully saturated rings. The van der Waals surface area contributed by atoms with Crippen LogP contribution in [0.1, 0.15) is 0 Å². The molecule has 0 aliphatic carbocycles. The summed E-state index contributed by atoms with van der Waals surface area (Å²) in [7, 11) is -3.88. The Morgan fingerprint density at radius 1 is 1.56 bits per heavy atom. The molecule has 0 bridgehead atoms. The third-order valence-electron chi connectivity index (χ3n) is 0.442. The van der Waals surface area contributed by atoms with Crippen LogP contribution in [0.3, 0.4) is 0 Å². The molecule has 0 spiro atoms. The third kappa shape index (κ3) is 18.1. The van der Waals surface area contributed by atoms with Crippen LogP contribution in [0.2, 0.25) is 0 Å². The minimum atomic E-state index is -3.88. The Hall–Kier alpha value is -0.150. The van der Waals surface area contributed by atoms with Gasteiger partial charge in [-0.2, -0.15) is 0 Å². The molecule has 1 aliphatic rings. The fourth-order valence-corrected chi connectivity index (χ4v) is 0. The monoisotopic (exact) mass is 152 g/mol. The van der Waals surface area contributed by atoms with Crippen molar-refractivity contribution in [1.82, 2.24) is 0 Å². The second-order valence-corrected chi connectivity index (χ2v) is 2.93. The molecule has 9 heavy (non-hydrogen) atoms. The lowest BCUT2D eigenvalue weighted by molar-refractivity contribution is 0.386. The largest absolute Gasteiger partial charge is 0.377 e. The SMILES string of the molecule is C1CO1.C=CP(=O)(O)O. The molecule has 4 nitrogen and oxygen atoms in total. The summed E-state index contributed by atoms with van der Waals surface area (Å²) in [6.07, 6.45) is 0. The molecule has 0 aromatic carbocycles. The molecule has 1 heterocycles. The molecule has 0 unspecified atom stereocenters. The molecule has 1 saturated heterocycles. The van der Waals surface area contributed by atoms with Crippen LogP contribution in [-0.4, -0.2) is 23.0 Å². The lowest BCUT2D eigenvalue weighted by Crippen LogP contribution is -1.63. The van der Waals surface area contributed by atoms with Gasteiger partial charge in [0.1, 0.15) is 0 Å². The van der Waals surface area contributed by atoms with E-state index in [2.05, 4.69) is 11.3 Å². The summed E-state index contributed by atoms with van der Waals surface area (Å²) in [6.45, 7) is 4.87. The van der Waals surface area contributed by atoms with E-state index < -0.39 is 7.60 Å². The van der Waals surface area contributed by atoms with E-state index in [1.807, 2.05) is 0 Å². The molecule has 0 atom stereocenters. The second-order valence-electron chi connectivity index (χ2n) is 1.38. The van der Waals surface area contributed by atoms with Crippen molar-refractivity contribution >= 4 is 7.60 Å². The highest BCUT2D eigenvalue weighted by Gasteiger charge is 2.00. The first-order valence-corrected chi connectivity index (χ1v) is 4.01. The van der Waals surface area contributed by atoms with Crippen LogP contribution in [0.5, 0.6) is 0 Å². The smallest absolute Gasteiger partial charge is 0.348 e. The summed E-state index contributed by atoms with van der Waals surface area (Å²) in [5, 5.41) is 0. The van der Waals surface area contributed by atoms with Crippen molar-refractivity contribution in [3.8, 4) is 0 Å². The minimum Gasteiger partial charge on any atom is -0.377 e. The zero-order valence-corrected chi connectivity index (χ0v) is 5.75. The van der Waals surface area contributed by atoms with Gasteiger partial charge in [-0.3, -0.25) is 4.57 Å². The van der Waals surface area contributed by atoms with Crippen molar-refractivity contribution in [1.29, 1.82) is 0 Å². The topological polar surface area (TPSA) is 70.1 Å². The summed E-state index contributed by atoms with van der Waals surface area (Å²) in [5.74, 6) is 0.604. The van der Waals surface area contributed by atoms with Gasteiger partial charge in [-0.15, -0.1) is 0 Å². The van der Waals surface area contributed by atoms with Gasteiger partial charge in [0.2, 0.25) is 0 Å². The highest BCUT2D eigenvalue weighted by molar-refractivity contribution is 7.55. The van der Waals surface area contributed by atoms with Crippen molar-refractivity contribution in [2.45, 2.75) is 0 Å². The fourth-order valence-electron chi connectivity index (χ4n) is 0. The van der Waals surface area contributed by atoms with Gasteiger partial charge in [-0.05, 0) is 0 Å². The molecule has 1 aliphatic heterocycles. The minimum absolute atomic E-state index is 0.604. The van der Waals surface area contributed by atoms with E-state index in [4.69, 9.17) is 9.79 Å². The van der Waals surface area contributed by atoms with Crippen molar-refractivity contribution in [2.24, 2.45) is 0 Å². The highest BCUT2D eigenvalue weighted by Crippen LogP contribution is 2.34. The molecule has 2 N–H and O–H groups in total. The number of hydrogen-bond acceptors (Lipinski definition) is 2. The van der Waals surface area contributed by atoms with Crippen molar-refractivity contribution < 1.29 is 19.1 Å². The Kier molecular flexibility index (Phi) is 3.73. The Balaban J connectivity index is 0.000000173. The standard InChI is InChI=1S/C2H5O3P.C2H4O/c1-2-6(3,4)5;1-2-3-1/h2H,1H2,(H2,3,4,5);1-2H2. The predicted octanol–water partition coefficient (Wildman–Crippen LogP) is 0.324. The van der Waals surface area contributed by atoms with Crippen LogP contribution in [-0.2, 0) is 9.30 Å². The summed E-state index contributed by atoms with van der Waals surface area (Å²) < 4.78 is 14.1. The molecule has 5 heteroatoms. The van der Waals surface area contributed by atoms with Crippen LogP contribution in [0.25, 0.3) is 0 Å². The summed E-state index contributed by atoms with van der Waals surface area (Å²) >= 11 is 0. The lowest BCUT2D eigenvalue weighted by atomic mass is 11.0. The van der Waals surface area contributed by atoms with Crippen LogP contribution in [0.15, 0.2) is 12.4 Å². The second kappa shape index (κ2) is 3.80. The van der Waals surface area contributed by atoms with E-state index in [0.717, 1.165) is 13.2 Å². The van der Waals surface area contributed by atoms with Gasteiger partial charge in [0, 0.05) is 5.82 Å². The van der Waals surface area contributed by atoms with E-state index >= 15 is 0 Å². The third-order valence-corrected chi connectivity index (χ3v) is 0.918. The summed E-state index contributed by atoms with van der Waals surface area (Å²) in [6, 6.07) is 0. The number of hydrogen-bond donors (Lipinski definition) is 2. The van der Waals surface area contributed by atoms with Gasteiger partial charge in [0.05, 0.1) is 13.2 Å². The normalized spacial score (nSPS) is 15.3. The zero-order valence-electron chi connectivity index (χ0n) is 4.86. The molecule has 0 saturated carbocycles. The Morgan fingerprint density at radius 3 is 1.78 bits per heavy atom. The summed E-state index contributed by atoms with van der Waals surface area (Å²) in [5.41, 5.74) is 0. The fraction of sp³-hybridized carbons (Fsp3) is 0.500. The van der Waals surface area contributed by atoms with Crippen LogP contribution >= 0.6 is 7.60 Å². The Morgan fingerprint density at radius 2 is 1.78 bits per heavy atom. The van der Waals surface area contributed by atoms with Gasteiger partial charge in [-0.25, -0.2) is 0 Å². The maximum Gasteiger partial charge on any atom is 0.348 e. The van der Waals surface area contributed by atoms with Gasteiger partial charge in [-0.1, -0.05) is 6.58 Å². The maximum absolute atomic E-state index is 9.58. The first kappa shape index (κ1) is 8.85. The van der Waals surface area contributed by atoms with Gasteiger partial charge < -0.3 is 14.5 Å². The van der Waals surface area contributed by atoms with Crippen LogP contribution in [0.4, 0.5) is 0 Å². The first-order chi connectivity index (χ1) is 4.06. The highest BCUT2D eigenvalue weighted by atomic mass is 31.2. The molecule has 0 aromatic rings. The Bertz CT molecular complexity index is 122. The average molecular weight is 152 g/mol. The average Bonchev–Trinajstić information content (AvgIpc) is 2.45. The molecule has 0 aromatic heterocycles. The molecule has 1 rings (SSSR count). The zero-order chi connectivity index (χ0) is 7.33. The van der Waals surface area contributed by atoms with Crippen molar-refractivity contribution in [2.75, 3.05) is 13.2 Å². The molecule has 0 amide bonds. The van der Waals surface area contributed by atoms with Gasteiger partial charge in [0.15, 0.2) is 0 Å². The maximum atomic E-state index is 9.58. The predicted molar refractivity (Wildman–Crippen MR) is 33.1 cm³/mol. The molecular formula is C4H9O4P. The van der Waals surface area contributed by atoms with Crippen molar-refractivity contribution in [3.05, 3.63) is 12.4 Å². The van der Waals surface area contributed by atoms with Crippen molar-refractivity contribution in [3.63, 3.8) is 0 Å².